The monoisotopic (exact) mass is 449 g/mol. The van der Waals surface area contributed by atoms with Crippen molar-refractivity contribution in [3.8, 4) is 11.5 Å². The summed E-state index contributed by atoms with van der Waals surface area (Å²) in [5.74, 6) is -0.344. The summed E-state index contributed by atoms with van der Waals surface area (Å²) >= 11 is 0. The first kappa shape index (κ1) is 22.5. The molecule has 10 heteroatoms. The standard InChI is InChI=1S/C22H28FN3O6/c1-30-22-19-16(21(29)18(32-14-28)13-26(19)15-2-3-15)12-17(23)20(22)25-6-4-24(5-7-25)8-10-31-11-9-27/h12-15,27H,2-11H2,1H3. The lowest BCUT2D eigenvalue weighted by Crippen LogP contribution is -2.47. The molecule has 2 aliphatic rings. The summed E-state index contributed by atoms with van der Waals surface area (Å²) < 4.78 is 33.1. The molecular formula is C22H28FN3O6. The predicted octanol–water partition coefficient (Wildman–Crippen LogP) is 1.15. The number of fused-ring (bicyclic) bond motifs is 1. The largest absolute Gasteiger partial charge is 0.492 e. The van der Waals surface area contributed by atoms with Gasteiger partial charge in [-0.1, -0.05) is 0 Å². The molecule has 174 valence electrons. The van der Waals surface area contributed by atoms with Crippen molar-refractivity contribution in [1.29, 1.82) is 0 Å². The molecule has 9 nitrogen and oxygen atoms in total. The van der Waals surface area contributed by atoms with E-state index in [4.69, 9.17) is 19.3 Å². The van der Waals surface area contributed by atoms with E-state index in [0.717, 1.165) is 32.5 Å². The zero-order chi connectivity index (χ0) is 22.7. The molecule has 0 atom stereocenters. The van der Waals surface area contributed by atoms with E-state index in [1.807, 2.05) is 9.47 Å². The van der Waals surface area contributed by atoms with Crippen LogP contribution < -0.4 is 19.8 Å². The van der Waals surface area contributed by atoms with Gasteiger partial charge in [-0.2, -0.15) is 0 Å². The number of aliphatic hydroxyl groups is 1. The Morgan fingerprint density at radius 3 is 2.59 bits per heavy atom. The number of carbonyl (C=O) groups excluding carboxylic acids is 1. The fourth-order valence-electron chi connectivity index (χ4n) is 4.24. The van der Waals surface area contributed by atoms with Gasteiger partial charge in [-0.3, -0.25) is 14.5 Å². The van der Waals surface area contributed by atoms with Gasteiger partial charge in [0.05, 0.1) is 44.0 Å². The number of pyridine rings is 1. The molecular weight excluding hydrogens is 421 g/mol. The van der Waals surface area contributed by atoms with Gasteiger partial charge in [-0.15, -0.1) is 0 Å². The lowest BCUT2D eigenvalue weighted by Gasteiger charge is -2.37. The van der Waals surface area contributed by atoms with E-state index in [9.17, 15) is 9.59 Å². The number of piperazine rings is 1. The van der Waals surface area contributed by atoms with Gasteiger partial charge < -0.3 is 28.8 Å². The number of rotatable bonds is 10. The fourth-order valence-corrected chi connectivity index (χ4v) is 4.24. The van der Waals surface area contributed by atoms with Crippen LogP contribution in [0.5, 0.6) is 11.5 Å². The Morgan fingerprint density at radius 2 is 1.97 bits per heavy atom. The van der Waals surface area contributed by atoms with Crippen LogP contribution in [0.25, 0.3) is 10.9 Å². The van der Waals surface area contributed by atoms with Crippen LogP contribution in [0.1, 0.15) is 18.9 Å². The molecule has 0 bridgehead atoms. The summed E-state index contributed by atoms with van der Waals surface area (Å²) in [5.41, 5.74) is 0.323. The summed E-state index contributed by atoms with van der Waals surface area (Å²) in [7, 11) is 1.48. The zero-order valence-electron chi connectivity index (χ0n) is 18.1. The minimum atomic E-state index is -0.545. The van der Waals surface area contributed by atoms with Crippen molar-refractivity contribution in [2.45, 2.75) is 18.9 Å². The molecule has 2 aromatic rings. The van der Waals surface area contributed by atoms with Gasteiger partial charge in [0, 0.05) is 38.8 Å². The molecule has 2 heterocycles. The Balaban J connectivity index is 1.67. The van der Waals surface area contributed by atoms with Gasteiger partial charge in [0.1, 0.15) is 5.69 Å². The highest BCUT2D eigenvalue weighted by Gasteiger charge is 2.31. The molecule has 32 heavy (non-hydrogen) atoms. The van der Waals surface area contributed by atoms with Crippen LogP contribution in [-0.4, -0.2) is 80.7 Å². The summed E-state index contributed by atoms with van der Waals surface area (Å²) in [6.07, 6.45) is 3.36. The van der Waals surface area contributed by atoms with Gasteiger partial charge in [0.25, 0.3) is 6.47 Å². The number of carbonyl (C=O) groups is 1. The maximum absolute atomic E-state index is 15.3. The van der Waals surface area contributed by atoms with E-state index in [-0.39, 0.29) is 30.3 Å². The Kier molecular flexibility index (Phi) is 6.92. The quantitative estimate of drug-likeness (QED) is 0.427. The number of hydrogen-bond donors (Lipinski definition) is 1. The van der Waals surface area contributed by atoms with Crippen LogP contribution in [0.15, 0.2) is 17.1 Å². The van der Waals surface area contributed by atoms with Gasteiger partial charge >= 0.3 is 0 Å². The number of methoxy groups -OCH3 is 1. The summed E-state index contributed by atoms with van der Waals surface area (Å²) in [5, 5.41) is 8.93. The SMILES string of the molecule is COc1c(N2CCN(CCOCCO)CC2)c(F)cc2c(=O)c(OC=O)cn(C3CC3)c12. The van der Waals surface area contributed by atoms with Crippen molar-refractivity contribution in [3.63, 3.8) is 0 Å². The van der Waals surface area contributed by atoms with E-state index in [1.165, 1.54) is 19.4 Å². The van der Waals surface area contributed by atoms with Gasteiger partial charge in [0.15, 0.2) is 17.3 Å². The molecule has 1 saturated carbocycles. The maximum atomic E-state index is 15.3. The molecule has 1 aromatic carbocycles. The molecule has 1 aromatic heterocycles. The molecule has 4 rings (SSSR count). The molecule has 1 saturated heterocycles. The number of ether oxygens (including phenoxy) is 3. The third-order valence-corrected chi connectivity index (χ3v) is 5.96. The number of aromatic nitrogens is 1. The second-order valence-corrected chi connectivity index (χ2v) is 7.98. The van der Waals surface area contributed by atoms with Crippen molar-refractivity contribution >= 4 is 23.1 Å². The molecule has 1 aliphatic heterocycles. The van der Waals surface area contributed by atoms with Gasteiger partial charge in [-0.05, 0) is 18.9 Å². The molecule has 1 aliphatic carbocycles. The van der Waals surface area contributed by atoms with E-state index in [0.29, 0.717) is 43.3 Å². The third kappa shape index (κ3) is 4.43. The number of halogens is 1. The maximum Gasteiger partial charge on any atom is 0.298 e. The predicted molar refractivity (Wildman–Crippen MR) is 116 cm³/mol. The number of hydrogen-bond acceptors (Lipinski definition) is 8. The average molecular weight is 449 g/mol. The second-order valence-electron chi connectivity index (χ2n) is 7.98. The zero-order valence-corrected chi connectivity index (χ0v) is 18.1. The molecule has 1 N–H and O–H groups in total. The first-order valence-corrected chi connectivity index (χ1v) is 10.8. The number of anilines is 1. The minimum Gasteiger partial charge on any atom is -0.492 e. The van der Waals surface area contributed by atoms with Crippen LogP contribution in [-0.2, 0) is 9.53 Å². The number of nitrogens with zero attached hydrogens (tertiary/aromatic N) is 3. The van der Waals surface area contributed by atoms with Crippen molar-refractivity contribution in [2.24, 2.45) is 0 Å². The van der Waals surface area contributed by atoms with Crippen molar-refractivity contribution < 1.29 is 28.5 Å². The first-order valence-electron chi connectivity index (χ1n) is 10.8. The first-order chi connectivity index (χ1) is 15.6. The topological polar surface area (TPSA) is 93.5 Å². The van der Waals surface area contributed by atoms with Crippen LogP contribution in [0.4, 0.5) is 10.1 Å². The summed E-state index contributed by atoms with van der Waals surface area (Å²) in [6.45, 7) is 4.45. The van der Waals surface area contributed by atoms with E-state index < -0.39 is 11.2 Å². The Bertz CT molecular complexity index is 1030. The highest BCUT2D eigenvalue weighted by Crippen LogP contribution is 2.44. The Hall–Kier alpha value is -2.69. The van der Waals surface area contributed by atoms with Crippen LogP contribution in [0.2, 0.25) is 0 Å². The van der Waals surface area contributed by atoms with Crippen LogP contribution in [0.3, 0.4) is 0 Å². The van der Waals surface area contributed by atoms with Crippen molar-refractivity contribution in [1.82, 2.24) is 9.47 Å². The smallest absolute Gasteiger partial charge is 0.298 e. The van der Waals surface area contributed by atoms with Crippen LogP contribution in [0, 0.1) is 5.82 Å². The van der Waals surface area contributed by atoms with E-state index >= 15 is 4.39 Å². The van der Waals surface area contributed by atoms with Gasteiger partial charge in [-0.25, -0.2) is 4.39 Å². The van der Waals surface area contributed by atoms with E-state index in [2.05, 4.69) is 4.90 Å². The molecule has 0 amide bonds. The minimum absolute atomic E-state index is 0.00348. The summed E-state index contributed by atoms with van der Waals surface area (Å²) in [6, 6.07) is 1.37. The van der Waals surface area contributed by atoms with Crippen molar-refractivity contribution in [2.75, 3.05) is 64.6 Å². The lowest BCUT2D eigenvalue weighted by atomic mass is 10.1. The number of aliphatic hydroxyl groups excluding tert-OH is 1. The lowest BCUT2D eigenvalue weighted by molar-refractivity contribution is -0.120. The molecule has 2 fully saturated rings. The van der Waals surface area contributed by atoms with Crippen LogP contribution >= 0.6 is 0 Å². The highest BCUT2D eigenvalue weighted by atomic mass is 19.1. The van der Waals surface area contributed by atoms with Crippen molar-refractivity contribution in [3.05, 3.63) is 28.3 Å². The highest BCUT2D eigenvalue weighted by molar-refractivity contribution is 5.92. The molecule has 0 spiro atoms. The second kappa shape index (κ2) is 9.85. The fraction of sp³-hybridized carbons (Fsp3) is 0.545. The molecule has 0 radical (unpaired) electrons. The normalized spacial score (nSPS) is 17.0. The third-order valence-electron chi connectivity index (χ3n) is 5.96. The summed E-state index contributed by atoms with van der Waals surface area (Å²) in [4.78, 5) is 27.8. The van der Waals surface area contributed by atoms with E-state index in [1.54, 1.807) is 0 Å². The number of benzene rings is 1. The molecule has 0 unspecified atom stereocenters. The Labute approximate surface area is 184 Å². The van der Waals surface area contributed by atoms with Gasteiger partial charge in [0.2, 0.25) is 5.43 Å². The average Bonchev–Trinajstić information content (AvgIpc) is 3.64. The Morgan fingerprint density at radius 1 is 1.22 bits per heavy atom.